The van der Waals surface area contributed by atoms with E-state index in [0.717, 1.165) is 5.69 Å². The first-order chi connectivity index (χ1) is 25.7. The second-order valence-electron chi connectivity index (χ2n) is 14.2. The zero-order valence-electron chi connectivity index (χ0n) is 28.8. The lowest BCUT2D eigenvalue weighted by Gasteiger charge is -2.17. The maximum absolute atomic E-state index is 2.43. The van der Waals surface area contributed by atoms with Gasteiger partial charge in [-0.2, -0.15) is 0 Å². The van der Waals surface area contributed by atoms with Gasteiger partial charge in [-0.25, -0.2) is 0 Å². The summed E-state index contributed by atoms with van der Waals surface area (Å²) in [4.78, 5) is 0. The third-order valence-electron chi connectivity index (χ3n) is 11.2. The van der Waals surface area contributed by atoms with Crippen LogP contribution in [-0.4, -0.2) is 4.57 Å². The van der Waals surface area contributed by atoms with Crippen molar-refractivity contribution < 1.29 is 0 Å². The zero-order chi connectivity index (χ0) is 34.3. The van der Waals surface area contributed by atoms with Gasteiger partial charge in [-0.05, 0) is 114 Å². The molecule has 0 fully saturated rings. The predicted octanol–water partition coefficient (Wildman–Crippen LogP) is 14.1. The summed E-state index contributed by atoms with van der Waals surface area (Å²) in [5.74, 6) is 0. The molecule has 0 N–H and O–H groups in total. The SMILES string of the molecule is Cc1ccc(-c2ccc3ccc4c(-c5ccc(-n6c7ccccc7c7ccc(-c8ccc9ccccc9c8)cc76)cc5)ccc5ccc2c3c54)cc1. The third-order valence-corrected chi connectivity index (χ3v) is 11.2. The molecule has 0 atom stereocenters. The van der Waals surface area contributed by atoms with E-state index in [4.69, 9.17) is 0 Å². The van der Waals surface area contributed by atoms with Gasteiger partial charge in [-0.3, -0.25) is 0 Å². The summed E-state index contributed by atoms with van der Waals surface area (Å²) < 4.78 is 2.43. The topological polar surface area (TPSA) is 4.93 Å². The highest BCUT2D eigenvalue weighted by Gasteiger charge is 2.17. The van der Waals surface area contributed by atoms with E-state index >= 15 is 0 Å². The first-order valence-corrected chi connectivity index (χ1v) is 18.1. The van der Waals surface area contributed by atoms with Crippen LogP contribution in [0.4, 0.5) is 0 Å². The Morgan fingerprint density at radius 2 is 0.827 bits per heavy atom. The van der Waals surface area contributed by atoms with Crippen LogP contribution >= 0.6 is 0 Å². The number of para-hydroxylation sites is 1. The first kappa shape index (κ1) is 29.1. The molecule has 0 radical (unpaired) electrons. The average Bonchev–Trinajstić information content (AvgIpc) is 3.54. The molecular formula is C51H33N. The van der Waals surface area contributed by atoms with E-state index in [9.17, 15) is 0 Å². The van der Waals surface area contributed by atoms with E-state index in [-0.39, 0.29) is 0 Å². The summed E-state index contributed by atoms with van der Waals surface area (Å²) in [6.07, 6.45) is 0. The summed E-state index contributed by atoms with van der Waals surface area (Å²) in [7, 11) is 0. The Hall–Kier alpha value is -6.70. The molecule has 0 unspecified atom stereocenters. The number of rotatable bonds is 4. The van der Waals surface area contributed by atoms with Crippen LogP contribution in [0, 0.1) is 6.92 Å². The molecule has 10 aromatic carbocycles. The Labute approximate surface area is 302 Å². The summed E-state index contributed by atoms with van der Waals surface area (Å²) in [5, 5.41) is 12.9. The molecule has 0 saturated heterocycles. The van der Waals surface area contributed by atoms with Crippen molar-refractivity contribution in [3.63, 3.8) is 0 Å². The summed E-state index contributed by atoms with van der Waals surface area (Å²) in [5.41, 5.74) is 12.3. The smallest absolute Gasteiger partial charge is 0.0547 e. The molecule has 0 spiro atoms. The number of benzene rings is 10. The monoisotopic (exact) mass is 659 g/mol. The van der Waals surface area contributed by atoms with Gasteiger partial charge in [-0.1, -0.05) is 157 Å². The number of nitrogens with zero attached hydrogens (tertiary/aromatic N) is 1. The molecule has 11 aromatic rings. The molecule has 0 aliphatic carbocycles. The highest BCUT2D eigenvalue weighted by molar-refractivity contribution is 6.27. The van der Waals surface area contributed by atoms with Gasteiger partial charge >= 0.3 is 0 Å². The predicted molar refractivity (Wildman–Crippen MR) is 223 cm³/mol. The second-order valence-corrected chi connectivity index (χ2v) is 14.2. The Bertz CT molecular complexity index is 3160. The Morgan fingerprint density at radius 3 is 1.54 bits per heavy atom. The molecule has 1 nitrogen and oxygen atoms in total. The van der Waals surface area contributed by atoms with Crippen molar-refractivity contribution in [3.8, 4) is 39.1 Å². The number of aryl methyl sites for hydroxylation is 1. The van der Waals surface area contributed by atoms with Crippen LogP contribution in [0.3, 0.4) is 0 Å². The van der Waals surface area contributed by atoms with Crippen LogP contribution in [0.5, 0.6) is 0 Å². The Balaban J connectivity index is 1.05. The molecule has 0 aliphatic rings. The molecule has 0 bridgehead atoms. The Kier molecular flexibility index (Phi) is 6.23. The largest absolute Gasteiger partial charge is 0.309 e. The molecule has 0 saturated carbocycles. The maximum Gasteiger partial charge on any atom is 0.0547 e. The van der Waals surface area contributed by atoms with E-state index in [0.29, 0.717) is 0 Å². The highest BCUT2D eigenvalue weighted by atomic mass is 15.0. The molecule has 0 aliphatic heterocycles. The van der Waals surface area contributed by atoms with Crippen molar-refractivity contribution >= 4 is 64.9 Å². The molecule has 242 valence electrons. The van der Waals surface area contributed by atoms with Gasteiger partial charge in [0, 0.05) is 16.5 Å². The van der Waals surface area contributed by atoms with Gasteiger partial charge in [0.25, 0.3) is 0 Å². The van der Waals surface area contributed by atoms with Crippen LogP contribution in [0.25, 0.3) is 104 Å². The van der Waals surface area contributed by atoms with E-state index < -0.39 is 0 Å². The fourth-order valence-corrected chi connectivity index (χ4v) is 8.62. The zero-order valence-corrected chi connectivity index (χ0v) is 28.8. The lowest BCUT2D eigenvalue weighted by atomic mass is 9.87. The number of aromatic nitrogens is 1. The molecule has 52 heavy (non-hydrogen) atoms. The van der Waals surface area contributed by atoms with Crippen LogP contribution in [0.15, 0.2) is 182 Å². The molecular weight excluding hydrogens is 627 g/mol. The molecule has 1 heterocycles. The lowest BCUT2D eigenvalue weighted by Crippen LogP contribution is -1.94. The van der Waals surface area contributed by atoms with Crippen molar-refractivity contribution in [2.75, 3.05) is 0 Å². The summed E-state index contributed by atoms with van der Waals surface area (Å²) in [6.45, 7) is 2.15. The second kappa shape index (κ2) is 11.2. The molecule has 11 rings (SSSR count). The maximum atomic E-state index is 2.43. The molecule has 1 heteroatoms. The summed E-state index contributed by atoms with van der Waals surface area (Å²) in [6, 6.07) is 67.5. The third kappa shape index (κ3) is 4.36. The highest BCUT2D eigenvalue weighted by Crippen LogP contribution is 2.43. The molecule has 1 aromatic heterocycles. The number of hydrogen-bond donors (Lipinski definition) is 0. The van der Waals surface area contributed by atoms with Crippen molar-refractivity contribution in [2.45, 2.75) is 6.92 Å². The van der Waals surface area contributed by atoms with Gasteiger partial charge < -0.3 is 4.57 Å². The number of fused-ring (bicyclic) bond motifs is 4. The minimum Gasteiger partial charge on any atom is -0.309 e. The normalized spacial score (nSPS) is 11.9. The fraction of sp³-hybridized carbons (Fsp3) is 0.0196. The minimum absolute atomic E-state index is 1.16. The van der Waals surface area contributed by atoms with Gasteiger partial charge in [0.2, 0.25) is 0 Å². The lowest BCUT2D eigenvalue weighted by molar-refractivity contribution is 1.18. The Morgan fingerprint density at radius 1 is 0.327 bits per heavy atom. The fourth-order valence-electron chi connectivity index (χ4n) is 8.62. The van der Waals surface area contributed by atoms with E-state index in [2.05, 4.69) is 193 Å². The molecule has 0 amide bonds. The van der Waals surface area contributed by atoms with Crippen LogP contribution in [0.1, 0.15) is 5.56 Å². The first-order valence-electron chi connectivity index (χ1n) is 18.1. The quantitative estimate of drug-likeness (QED) is 0.166. The van der Waals surface area contributed by atoms with E-state index in [1.807, 2.05) is 0 Å². The van der Waals surface area contributed by atoms with Crippen LogP contribution < -0.4 is 0 Å². The average molecular weight is 660 g/mol. The van der Waals surface area contributed by atoms with Gasteiger partial charge in [0.05, 0.1) is 11.0 Å². The standard InChI is InChI=1S/C51H33N/c1-32-10-12-34(13-11-32)42-25-18-36-21-29-47-43(26-19-37-20-28-46(42)50(36)51(37)47)35-16-23-41(24-17-35)52-48-9-5-4-8-44(48)45-27-22-40(31-49(45)52)39-15-14-33-6-2-3-7-38(33)30-39/h2-31H,1H3. The van der Waals surface area contributed by atoms with Crippen LogP contribution in [-0.2, 0) is 0 Å². The van der Waals surface area contributed by atoms with Crippen molar-refractivity contribution in [2.24, 2.45) is 0 Å². The summed E-state index contributed by atoms with van der Waals surface area (Å²) >= 11 is 0. The van der Waals surface area contributed by atoms with Crippen LogP contribution in [0.2, 0.25) is 0 Å². The van der Waals surface area contributed by atoms with Crippen molar-refractivity contribution in [1.82, 2.24) is 4.57 Å². The minimum atomic E-state index is 1.16. The van der Waals surface area contributed by atoms with E-state index in [1.54, 1.807) is 0 Å². The van der Waals surface area contributed by atoms with Crippen molar-refractivity contribution in [1.29, 1.82) is 0 Å². The van der Waals surface area contributed by atoms with Gasteiger partial charge in [0.15, 0.2) is 0 Å². The van der Waals surface area contributed by atoms with Gasteiger partial charge in [-0.15, -0.1) is 0 Å². The van der Waals surface area contributed by atoms with Crippen molar-refractivity contribution in [3.05, 3.63) is 188 Å². The van der Waals surface area contributed by atoms with Gasteiger partial charge in [0.1, 0.15) is 0 Å². The van der Waals surface area contributed by atoms with E-state index in [1.165, 1.54) is 104 Å². The number of hydrogen-bond acceptors (Lipinski definition) is 0.